The summed E-state index contributed by atoms with van der Waals surface area (Å²) in [4.78, 5) is 10.9. The molecule has 0 saturated heterocycles. The van der Waals surface area contributed by atoms with Crippen LogP contribution >= 0.6 is 11.6 Å². The van der Waals surface area contributed by atoms with Crippen molar-refractivity contribution >= 4 is 29.2 Å². The number of nitrogens with zero attached hydrogens (tertiary/aromatic N) is 1. The van der Waals surface area contributed by atoms with Crippen molar-refractivity contribution in [3.05, 3.63) is 100 Å². The first-order chi connectivity index (χ1) is 13.5. The van der Waals surface area contributed by atoms with Crippen LogP contribution in [-0.4, -0.2) is 5.97 Å². The zero-order valence-electron chi connectivity index (χ0n) is 14.8. The molecule has 3 rings (SSSR count). The summed E-state index contributed by atoms with van der Waals surface area (Å²) in [6.45, 7) is 0.241. The number of benzene rings is 3. The highest BCUT2D eigenvalue weighted by atomic mass is 35.5. The van der Waals surface area contributed by atoms with Crippen molar-refractivity contribution in [2.75, 3.05) is 0 Å². The summed E-state index contributed by atoms with van der Waals surface area (Å²) in [5.41, 5.74) is 3.04. The van der Waals surface area contributed by atoms with Crippen LogP contribution in [0.2, 0.25) is 5.02 Å². The number of hydrogen-bond donors (Lipinski definition) is 0. The van der Waals surface area contributed by atoms with E-state index in [-0.39, 0.29) is 12.2 Å². The first-order valence-electron chi connectivity index (χ1n) is 8.46. The number of allylic oxidation sites excluding steroid dienone is 1. The van der Waals surface area contributed by atoms with Crippen molar-refractivity contribution in [3.8, 4) is 11.8 Å². The lowest BCUT2D eigenvalue weighted by Gasteiger charge is -2.09. The number of carboxylic acid groups (broad SMARTS) is 1. The molecule has 0 unspecified atom stereocenters. The normalized spacial score (nSPS) is 10.9. The van der Waals surface area contributed by atoms with Gasteiger partial charge in [0, 0.05) is 5.02 Å². The van der Waals surface area contributed by atoms with Crippen molar-refractivity contribution in [1.29, 1.82) is 5.26 Å². The third kappa shape index (κ3) is 5.00. The van der Waals surface area contributed by atoms with Crippen LogP contribution in [0.15, 0.2) is 72.8 Å². The van der Waals surface area contributed by atoms with Gasteiger partial charge in [0.25, 0.3) is 0 Å². The van der Waals surface area contributed by atoms with Gasteiger partial charge in [0.15, 0.2) is 0 Å². The van der Waals surface area contributed by atoms with E-state index < -0.39 is 5.97 Å². The van der Waals surface area contributed by atoms with Crippen LogP contribution in [-0.2, 0) is 6.61 Å². The lowest BCUT2D eigenvalue weighted by molar-refractivity contribution is -0.255. The molecule has 0 saturated carbocycles. The van der Waals surface area contributed by atoms with Crippen LogP contribution in [0.5, 0.6) is 5.75 Å². The van der Waals surface area contributed by atoms with Crippen LogP contribution in [0.4, 0.5) is 0 Å². The summed E-state index contributed by atoms with van der Waals surface area (Å²) in [5, 5.41) is 20.9. The van der Waals surface area contributed by atoms with Crippen molar-refractivity contribution in [2.45, 2.75) is 6.61 Å². The Morgan fingerprint density at radius 3 is 2.39 bits per heavy atom. The van der Waals surface area contributed by atoms with Gasteiger partial charge in [-0.2, -0.15) is 5.26 Å². The first-order valence-corrected chi connectivity index (χ1v) is 8.84. The second kappa shape index (κ2) is 8.90. The molecule has 138 valence electrons. The molecule has 0 radical (unpaired) electrons. The van der Waals surface area contributed by atoms with Crippen LogP contribution in [0.3, 0.4) is 0 Å². The molecule has 0 N–H and O–H groups in total. The molecule has 0 fully saturated rings. The number of aromatic carboxylic acids is 1. The topological polar surface area (TPSA) is 73.1 Å². The Kier molecular flexibility index (Phi) is 6.11. The summed E-state index contributed by atoms with van der Waals surface area (Å²) in [6, 6.07) is 23.0. The number of halogens is 1. The Bertz CT molecular complexity index is 1050. The number of rotatable bonds is 6. The predicted molar refractivity (Wildman–Crippen MR) is 106 cm³/mol. The Balaban J connectivity index is 1.69. The largest absolute Gasteiger partial charge is 0.545 e. The molecule has 0 bridgehead atoms. The van der Waals surface area contributed by atoms with E-state index in [0.29, 0.717) is 16.3 Å². The van der Waals surface area contributed by atoms with E-state index in [1.54, 1.807) is 54.6 Å². The van der Waals surface area contributed by atoms with Gasteiger partial charge in [-0.3, -0.25) is 0 Å². The summed E-state index contributed by atoms with van der Waals surface area (Å²) in [6.07, 6.45) is 1.79. The van der Waals surface area contributed by atoms with Gasteiger partial charge in [0.2, 0.25) is 0 Å². The fraction of sp³-hybridized carbons (Fsp3) is 0.0435. The highest BCUT2D eigenvalue weighted by Crippen LogP contribution is 2.21. The second-order valence-electron chi connectivity index (χ2n) is 6.02. The quantitative estimate of drug-likeness (QED) is 0.465. The number of hydrogen-bond acceptors (Lipinski definition) is 4. The minimum absolute atomic E-state index is 0.118. The minimum atomic E-state index is -1.22. The number of carboxylic acids is 1. The van der Waals surface area contributed by atoms with E-state index in [1.165, 1.54) is 12.1 Å². The molecule has 3 aromatic carbocycles. The summed E-state index contributed by atoms with van der Waals surface area (Å²) >= 11 is 5.89. The molecule has 5 heteroatoms. The van der Waals surface area contributed by atoms with Crippen molar-refractivity contribution < 1.29 is 14.6 Å². The maximum Gasteiger partial charge on any atom is 0.119 e. The Morgan fingerprint density at radius 2 is 1.75 bits per heavy atom. The molecule has 0 aromatic heterocycles. The number of nitriles is 1. The zero-order chi connectivity index (χ0) is 19.9. The lowest BCUT2D eigenvalue weighted by atomic mass is 10.0. The average molecular weight is 389 g/mol. The first kappa shape index (κ1) is 19.2. The van der Waals surface area contributed by atoms with Crippen LogP contribution < -0.4 is 9.84 Å². The molecule has 0 atom stereocenters. The second-order valence-corrected chi connectivity index (χ2v) is 6.46. The van der Waals surface area contributed by atoms with E-state index >= 15 is 0 Å². The molecule has 0 heterocycles. The molecule has 3 aromatic rings. The fourth-order valence-corrected chi connectivity index (χ4v) is 2.72. The summed E-state index contributed by atoms with van der Waals surface area (Å²) in [5.74, 6) is -0.576. The molecule has 0 aliphatic carbocycles. The minimum Gasteiger partial charge on any atom is -0.545 e. The lowest BCUT2D eigenvalue weighted by Crippen LogP contribution is -2.22. The van der Waals surface area contributed by atoms with Crippen molar-refractivity contribution in [2.24, 2.45) is 0 Å². The molecular formula is C23H15ClNO3-. The van der Waals surface area contributed by atoms with Gasteiger partial charge in [-0.25, -0.2) is 0 Å². The van der Waals surface area contributed by atoms with Gasteiger partial charge in [-0.1, -0.05) is 54.1 Å². The molecule has 0 spiro atoms. The van der Waals surface area contributed by atoms with Gasteiger partial charge in [-0.05, 0) is 58.7 Å². The maximum absolute atomic E-state index is 10.9. The van der Waals surface area contributed by atoms with Gasteiger partial charge >= 0.3 is 0 Å². The third-order valence-electron chi connectivity index (χ3n) is 4.03. The predicted octanol–water partition coefficient (Wildman–Crippen LogP) is 4.35. The molecular weight excluding hydrogens is 374 g/mol. The van der Waals surface area contributed by atoms with E-state index in [1.807, 2.05) is 12.1 Å². The number of ether oxygens (including phenoxy) is 1. The smallest absolute Gasteiger partial charge is 0.119 e. The van der Waals surface area contributed by atoms with Gasteiger partial charge in [-0.15, -0.1) is 0 Å². The zero-order valence-corrected chi connectivity index (χ0v) is 15.5. The van der Waals surface area contributed by atoms with E-state index in [4.69, 9.17) is 16.3 Å². The highest BCUT2D eigenvalue weighted by Gasteiger charge is 2.03. The Labute approximate surface area is 167 Å². The standard InChI is InChI=1S/C23H16ClNO3/c24-21-8-6-18(7-9-21)20(14-25)12-16-4-10-22(11-5-16)28-15-17-2-1-3-19(13-17)23(26)27/h1-13H,15H2,(H,26,27)/p-1/b20-12+. The fourth-order valence-electron chi connectivity index (χ4n) is 2.59. The Hall–Kier alpha value is -3.55. The monoisotopic (exact) mass is 388 g/mol. The Morgan fingerprint density at radius 1 is 1.04 bits per heavy atom. The van der Waals surface area contributed by atoms with Gasteiger partial charge < -0.3 is 14.6 Å². The van der Waals surface area contributed by atoms with E-state index in [9.17, 15) is 15.2 Å². The summed E-state index contributed by atoms with van der Waals surface area (Å²) < 4.78 is 5.70. The van der Waals surface area contributed by atoms with Crippen LogP contribution in [0.1, 0.15) is 27.0 Å². The van der Waals surface area contributed by atoms with Crippen molar-refractivity contribution in [1.82, 2.24) is 0 Å². The van der Waals surface area contributed by atoms with Crippen molar-refractivity contribution in [3.63, 3.8) is 0 Å². The molecule has 0 aliphatic rings. The molecule has 4 nitrogen and oxygen atoms in total. The maximum atomic E-state index is 10.9. The SMILES string of the molecule is N#C/C(=C\c1ccc(OCc2cccc(C(=O)[O-])c2)cc1)c1ccc(Cl)cc1. The third-order valence-corrected chi connectivity index (χ3v) is 4.29. The average Bonchev–Trinajstić information content (AvgIpc) is 2.72. The van der Waals surface area contributed by atoms with Crippen LogP contribution in [0.25, 0.3) is 11.6 Å². The molecule has 0 aliphatic heterocycles. The number of carbonyl (C=O) groups is 1. The van der Waals surface area contributed by atoms with Gasteiger partial charge in [0.05, 0.1) is 17.6 Å². The molecule has 0 amide bonds. The van der Waals surface area contributed by atoms with E-state index in [0.717, 1.165) is 16.7 Å². The van der Waals surface area contributed by atoms with Gasteiger partial charge in [0.1, 0.15) is 12.4 Å². The highest BCUT2D eigenvalue weighted by molar-refractivity contribution is 6.30. The van der Waals surface area contributed by atoms with E-state index in [2.05, 4.69) is 6.07 Å². The van der Waals surface area contributed by atoms with Crippen LogP contribution in [0, 0.1) is 11.3 Å². The summed E-state index contributed by atoms with van der Waals surface area (Å²) in [7, 11) is 0. The molecule has 28 heavy (non-hydrogen) atoms. The number of carbonyl (C=O) groups excluding carboxylic acids is 1.